The van der Waals surface area contributed by atoms with Gasteiger partial charge >= 0.3 is 0 Å². The zero-order chi connectivity index (χ0) is 18.7. The molecule has 2 aliphatic heterocycles. The zero-order valence-electron chi connectivity index (χ0n) is 14.5. The smallest absolute Gasteiger partial charge is 0.250 e. The van der Waals surface area contributed by atoms with Crippen molar-refractivity contribution in [2.75, 3.05) is 45.5 Å². The molecule has 146 valence electrons. The number of aliphatic hydroxyl groups is 1. The third-order valence-electron chi connectivity index (χ3n) is 4.86. The number of β-amino-alcohol motifs (C(OH)–C–C–N with tert-alkyl or cyclic N) is 1. The molecule has 1 unspecified atom stereocenters. The third-order valence-corrected chi connectivity index (χ3v) is 5.53. The predicted octanol–water partition coefficient (Wildman–Crippen LogP) is 0.0103. The van der Waals surface area contributed by atoms with Crippen molar-refractivity contribution < 1.29 is 27.1 Å². The summed E-state index contributed by atoms with van der Waals surface area (Å²) in [4.78, 5) is 15.5. The minimum absolute atomic E-state index is 0.190. The van der Waals surface area contributed by atoms with E-state index in [9.17, 15) is 27.1 Å². The van der Waals surface area contributed by atoms with E-state index in [1.54, 1.807) is 4.90 Å². The topological polar surface area (TPSA) is 90.0 Å². The first kappa shape index (κ1) is 20.5. The van der Waals surface area contributed by atoms with Crippen molar-refractivity contribution in [2.24, 2.45) is 0 Å². The van der Waals surface area contributed by atoms with Crippen molar-refractivity contribution in [3.63, 3.8) is 0 Å². The largest absolute Gasteiger partial charge is 0.388 e. The van der Waals surface area contributed by atoms with Crippen LogP contribution in [-0.2, 0) is 14.8 Å². The van der Waals surface area contributed by atoms with Crippen LogP contribution in [0.3, 0.4) is 0 Å². The highest BCUT2D eigenvalue weighted by Gasteiger charge is 2.38. The number of hydrogen-bond acceptors (Lipinski definition) is 5. The molecule has 0 aromatic heterocycles. The number of alkyl halides is 2. The second-order valence-corrected chi connectivity index (χ2v) is 9.02. The SMILES string of the molecule is CS(=O)(=O)NCC(=O)N1CCCC(O)(CN2CCC(F)(F)CC2)CC1. The van der Waals surface area contributed by atoms with E-state index in [0.717, 1.165) is 6.26 Å². The highest BCUT2D eigenvalue weighted by Crippen LogP contribution is 2.30. The van der Waals surface area contributed by atoms with Gasteiger partial charge in [-0.25, -0.2) is 21.9 Å². The summed E-state index contributed by atoms with van der Waals surface area (Å²) in [6.45, 7) is 1.33. The number of carbonyl (C=O) groups excluding carboxylic acids is 1. The zero-order valence-corrected chi connectivity index (χ0v) is 15.3. The number of amides is 1. The van der Waals surface area contributed by atoms with Gasteiger partial charge in [0.25, 0.3) is 5.92 Å². The molecular weight excluding hydrogens is 356 g/mol. The molecule has 2 aliphatic rings. The second kappa shape index (κ2) is 7.81. The molecule has 2 fully saturated rings. The quantitative estimate of drug-likeness (QED) is 0.698. The Morgan fingerprint density at radius 2 is 1.76 bits per heavy atom. The van der Waals surface area contributed by atoms with Crippen LogP contribution in [0, 0.1) is 0 Å². The van der Waals surface area contributed by atoms with Crippen molar-refractivity contribution in [1.29, 1.82) is 0 Å². The van der Waals surface area contributed by atoms with Crippen molar-refractivity contribution in [2.45, 2.75) is 43.6 Å². The Morgan fingerprint density at radius 3 is 2.36 bits per heavy atom. The van der Waals surface area contributed by atoms with Crippen molar-refractivity contribution in [3.8, 4) is 0 Å². The summed E-state index contributed by atoms with van der Waals surface area (Å²) in [6.07, 6.45) is 2.04. The first-order valence-electron chi connectivity index (χ1n) is 8.53. The highest BCUT2D eigenvalue weighted by atomic mass is 32.2. The van der Waals surface area contributed by atoms with E-state index in [1.807, 2.05) is 4.90 Å². The maximum absolute atomic E-state index is 13.2. The summed E-state index contributed by atoms with van der Waals surface area (Å²) in [5, 5.41) is 10.8. The molecule has 2 rings (SSSR count). The molecule has 0 radical (unpaired) electrons. The number of nitrogens with one attached hydrogen (secondary N) is 1. The monoisotopic (exact) mass is 383 g/mol. The van der Waals surface area contributed by atoms with Crippen molar-refractivity contribution in [1.82, 2.24) is 14.5 Å². The molecule has 0 aromatic rings. The Morgan fingerprint density at radius 1 is 1.12 bits per heavy atom. The Kier molecular flexibility index (Phi) is 6.40. The molecule has 0 aliphatic carbocycles. The molecule has 0 aromatic carbocycles. The molecule has 1 amide bonds. The number of likely N-dealkylation sites (tertiary alicyclic amines) is 2. The number of sulfonamides is 1. The van der Waals surface area contributed by atoms with Gasteiger partial charge in [0.05, 0.1) is 18.4 Å². The van der Waals surface area contributed by atoms with Gasteiger partial charge in [0, 0.05) is 45.6 Å². The fourth-order valence-corrected chi connectivity index (χ4v) is 3.73. The lowest BCUT2D eigenvalue weighted by Gasteiger charge is -2.37. The van der Waals surface area contributed by atoms with Gasteiger partial charge in [-0.3, -0.25) is 4.79 Å². The Labute approximate surface area is 147 Å². The Balaban J connectivity index is 1.84. The summed E-state index contributed by atoms with van der Waals surface area (Å²) >= 11 is 0. The summed E-state index contributed by atoms with van der Waals surface area (Å²) in [7, 11) is -3.43. The number of hydrogen-bond donors (Lipinski definition) is 2. The molecule has 0 bridgehead atoms. The highest BCUT2D eigenvalue weighted by molar-refractivity contribution is 7.88. The van der Waals surface area contributed by atoms with Crippen LogP contribution in [0.5, 0.6) is 0 Å². The average Bonchev–Trinajstić information content (AvgIpc) is 2.69. The number of carbonyl (C=O) groups is 1. The van der Waals surface area contributed by atoms with Crippen LogP contribution in [0.4, 0.5) is 8.78 Å². The number of rotatable bonds is 5. The summed E-state index contributed by atoms with van der Waals surface area (Å²) in [5.74, 6) is -2.94. The predicted molar refractivity (Wildman–Crippen MR) is 88.8 cm³/mol. The minimum Gasteiger partial charge on any atom is -0.388 e. The van der Waals surface area contributed by atoms with Gasteiger partial charge in [-0.15, -0.1) is 0 Å². The molecule has 10 heteroatoms. The Bertz CT molecular complexity index is 577. The molecule has 1 atom stereocenters. The van der Waals surface area contributed by atoms with Crippen molar-refractivity contribution >= 4 is 15.9 Å². The van der Waals surface area contributed by atoms with Crippen molar-refractivity contribution in [3.05, 3.63) is 0 Å². The lowest BCUT2D eigenvalue weighted by Crippen LogP contribution is -2.48. The molecule has 25 heavy (non-hydrogen) atoms. The lowest BCUT2D eigenvalue weighted by atomic mass is 9.93. The fourth-order valence-electron chi connectivity index (χ4n) is 3.35. The van der Waals surface area contributed by atoms with Crippen LogP contribution in [0.2, 0.25) is 0 Å². The van der Waals surface area contributed by atoms with Gasteiger partial charge < -0.3 is 14.9 Å². The van der Waals surface area contributed by atoms with Crippen LogP contribution >= 0.6 is 0 Å². The molecule has 2 heterocycles. The first-order valence-corrected chi connectivity index (χ1v) is 10.4. The van der Waals surface area contributed by atoms with Gasteiger partial charge in [-0.05, 0) is 19.3 Å². The van der Waals surface area contributed by atoms with E-state index >= 15 is 0 Å². The first-order chi connectivity index (χ1) is 11.5. The lowest BCUT2D eigenvalue weighted by molar-refractivity contribution is -0.130. The van der Waals surface area contributed by atoms with E-state index in [0.29, 0.717) is 38.9 Å². The summed E-state index contributed by atoms with van der Waals surface area (Å²) in [6, 6.07) is 0. The minimum atomic E-state index is -3.43. The standard InChI is InChI=1S/C15H27F2N3O4S/c1-25(23,24)18-11-13(21)20-7-2-3-14(22,4-10-20)12-19-8-5-15(16,17)6-9-19/h18,22H,2-12H2,1H3. The number of nitrogens with zero attached hydrogens (tertiary/aromatic N) is 2. The fraction of sp³-hybridized carbons (Fsp3) is 0.933. The molecule has 0 saturated carbocycles. The van der Waals surface area contributed by atoms with Crippen LogP contribution in [-0.4, -0.2) is 86.3 Å². The van der Waals surface area contributed by atoms with E-state index in [4.69, 9.17) is 0 Å². The second-order valence-electron chi connectivity index (χ2n) is 7.18. The normalized spacial score (nSPS) is 28.6. The van der Waals surface area contributed by atoms with E-state index in [-0.39, 0.29) is 38.4 Å². The third kappa shape index (κ3) is 6.76. The molecule has 2 saturated heterocycles. The van der Waals surface area contributed by atoms with E-state index < -0.39 is 21.5 Å². The molecular formula is C15H27F2N3O4S. The van der Waals surface area contributed by atoms with Crippen LogP contribution in [0.15, 0.2) is 0 Å². The number of halogens is 2. The van der Waals surface area contributed by atoms with Gasteiger partial charge in [-0.1, -0.05) is 0 Å². The van der Waals surface area contributed by atoms with E-state index in [2.05, 4.69) is 4.72 Å². The Hall–Kier alpha value is -0.840. The maximum Gasteiger partial charge on any atom is 0.250 e. The molecule has 7 nitrogen and oxygen atoms in total. The van der Waals surface area contributed by atoms with Crippen LogP contribution < -0.4 is 4.72 Å². The average molecular weight is 383 g/mol. The molecule has 2 N–H and O–H groups in total. The van der Waals surface area contributed by atoms with E-state index in [1.165, 1.54) is 0 Å². The summed E-state index contributed by atoms with van der Waals surface area (Å²) in [5.41, 5.74) is -1.01. The number of piperidine rings is 1. The van der Waals surface area contributed by atoms with Gasteiger partial charge in [0.15, 0.2) is 0 Å². The van der Waals surface area contributed by atoms with Gasteiger partial charge in [-0.2, -0.15) is 0 Å². The maximum atomic E-state index is 13.2. The van der Waals surface area contributed by atoms with Gasteiger partial charge in [0.2, 0.25) is 15.9 Å². The van der Waals surface area contributed by atoms with Crippen LogP contribution in [0.1, 0.15) is 32.1 Å². The van der Waals surface area contributed by atoms with Crippen LogP contribution in [0.25, 0.3) is 0 Å². The summed E-state index contributed by atoms with van der Waals surface area (Å²) < 4.78 is 50.8. The van der Waals surface area contributed by atoms with Gasteiger partial charge in [0.1, 0.15) is 0 Å². The molecule has 0 spiro atoms.